The molecule has 3 rings (SSSR count). The second-order valence-corrected chi connectivity index (χ2v) is 7.49. The number of piperidine rings is 1. The number of carbonyl (C=O) groups is 3. The second kappa shape index (κ2) is 8.63. The van der Waals surface area contributed by atoms with E-state index in [4.69, 9.17) is 0 Å². The molecule has 1 aromatic carbocycles. The number of fused-ring (bicyclic) bond motifs is 1. The second-order valence-electron chi connectivity index (χ2n) is 7.49. The Kier molecular flexibility index (Phi) is 6.23. The summed E-state index contributed by atoms with van der Waals surface area (Å²) in [5.41, 5.74) is 2.62. The molecule has 7 heteroatoms. The van der Waals surface area contributed by atoms with Crippen molar-refractivity contribution in [1.82, 2.24) is 20.9 Å². The molecule has 146 valence electrons. The van der Waals surface area contributed by atoms with E-state index in [1.54, 1.807) is 4.90 Å². The maximum atomic E-state index is 13.0. The minimum absolute atomic E-state index is 0.113. The molecular formula is C20H28N4O3. The smallest absolute Gasteiger partial charge is 0.255 e. The molecule has 2 aliphatic heterocycles. The van der Waals surface area contributed by atoms with Gasteiger partial charge in [0.15, 0.2) is 0 Å². The summed E-state index contributed by atoms with van der Waals surface area (Å²) in [6.07, 6.45) is 1.68. The van der Waals surface area contributed by atoms with Crippen LogP contribution in [0.2, 0.25) is 0 Å². The Morgan fingerprint density at radius 3 is 2.78 bits per heavy atom. The van der Waals surface area contributed by atoms with Gasteiger partial charge >= 0.3 is 0 Å². The molecule has 3 amide bonds. The molecular weight excluding hydrogens is 344 g/mol. The maximum Gasteiger partial charge on any atom is 0.255 e. The third-order valence-corrected chi connectivity index (χ3v) is 5.04. The van der Waals surface area contributed by atoms with Crippen LogP contribution >= 0.6 is 0 Å². The third kappa shape index (κ3) is 4.54. The van der Waals surface area contributed by atoms with Gasteiger partial charge in [-0.25, -0.2) is 0 Å². The lowest BCUT2D eigenvalue weighted by Crippen LogP contribution is -2.52. The molecule has 0 bridgehead atoms. The van der Waals surface area contributed by atoms with Crippen LogP contribution in [0.3, 0.4) is 0 Å². The standard InChI is InChI=1S/C20H28N4O3/c1-13(2)22-10-4-9-21-11-14-5-3-6-15-12-24(20(27)18(14)15)16-7-8-17(25)23-19(16)26/h3,5-6,13,16,21-22H,4,7-12H2,1-2H3,(H,23,25,26). The zero-order chi connectivity index (χ0) is 19.4. The molecule has 1 saturated heterocycles. The number of nitrogens with one attached hydrogen (secondary N) is 3. The topological polar surface area (TPSA) is 90.5 Å². The van der Waals surface area contributed by atoms with Crippen molar-refractivity contribution in [3.63, 3.8) is 0 Å². The van der Waals surface area contributed by atoms with Gasteiger partial charge in [-0.15, -0.1) is 0 Å². The van der Waals surface area contributed by atoms with E-state index in [2.05, 4.69) is 29.8 Å². The van der Waals surface area contributed by atoms with Crippen molar-refractivity contribution in [3.05, 3.63) is 34.9 Å². The predicted molar refractivity (Wildman–Crippen MR) is 102 cm³/mol. The highest BCUT2D eigenvalue weighted by molar-refractivity contribution is 6.05. The van der Waals surface area contributed by atoms with Crippen molar-refractivity contribution in [2.75, 3.05) is 13.1 Å². The molecule has 1 atom stereocenters. The molecule has 27 heavy (non-hydrogen) atoms. The first-order valence-electron chi connectivity index (χ1n) is 9.67. The van der Waals surface area contributed by atoms with Crippen LogP contribution in [0.4, 0.5) is 0 Å². The zero-order valence-corrected chi connectivity index (χ0v) is 16.0. The van der Waals surface area contributed by atoms with Crippen molar-refractivity contribution in [2.24, 2.45) is 0 Å². The Morgan fingerprint density at radius 1 is 1.22 bits per heavy atom. The molecule has 1 fully saturated rings. The number of hydrogen-bond donors (Lipinski definition) is 3. The maximum absolute atomic E-state index is 13.0. The SMILES string of the molecule is CC(C)NCCCNCc1cccc2c1C(=O)N(C1CCC(=O)NC1=O)C2. The van der Waals surface area contributed by atoms with E-state index < -0.39 is 6.04 Å². The lowest BCUT2D eigenvalue weighted by molar-refractivity contribution is -0.136. The molecule has 0 saturated carbocycles. The number of benzene rings is 1. The minimum Gasteiger partial charge on any atom is -0.322 e. The van der Waals surface area contributed by atoms with Crippen molar-refractivity contribution >= 4 is 17.7 Å². The Balaban J connectivity index is 1.61. The number of imide groups is 1. The fourth-order valence-electron chi connectivity index (χ4n) is 3.66. The monoisotopic (exact) mass is 372 g/mol. The van der Waals surface area contributed by atoms with Crippen molar-refractivity contribution < 1.29 is 14.4 Å². The lowest BCUT2D eigenvalue weighted by Gasteiger charge is -2.29. The predicted octanol–water partition coefficient (Wildman–Crippen LogP) is 0.925. The number of hydrogen-bond acceptors (Lipinski definition) is 5. The van der Waals surface area contributed by atoms with E-state index in [1.807, 2.05) is 18.2 Å². The summed E-state index contributed by atoms with van der Waals surface area (Å²) in [5, 5.41) is 9.12. The van der Waals surface area contributed by atoms with Crippen LogP contribution < -0.4 is 16.0 Å². The molecule has 7 nitrogen and oxygen atoms in total. The number of rotatable bonds is 8. The quantitative estimate of drug-likeness (QED) is 0.466. The number of amides is 3. The Bertz CT molecular complexity index is 732. The van der Waals surface area contributed by atoms with E-state index >= 15 is 0 Å². The van der Waals surface area contributed by atoms with E-state index in [0.29, 0.717) is 31.1 Å². The Morgan fingerprint density at radius 2 is 2.04 bits per heavy atom. The van der Waals surface area contributed by atoms with Gasteiger partial charge in [0.1, 0.15) is 6.04 Å². The highest BCUT2D eigenvalue weighted by Crippen LogP contribution is 2.29. The molecule has 3 N–H and O–H groups in total. The minimum atomic E-state index is -0.564. The lowest BCUT2D eigenvalue weighted by atomic mass is 10.0. The highest BCUT2D eigenvalue weighted by atomic mass is 16.2. The van der Waals surface area contributed by atoms with Gasteiger partial charge in [-0.05, 0) is 37.1 Å². The molecule has 0 aromatic heterocycles. The van der Waals surface area contributed by atoms with Crippen LogP contribution in [0.15, 0.2) is 18.2 Å². The van der Waals surface area contributed by atoms with Gasteiger partial charge in [0.25, 0.3) is 5.91 Å². The van der Waals surface area contributed by atoms with Crippen LogP contribution in [0.5, 0.6) is 0 Å². The summed E-state index contributed by atoms with van der Waals surface area (Å²) in [6.45, 7) is 7.13. The first-order chi connectivity index (χ1) is 13.0. The van der Waals surface area contributed by atoms with E-state index in [-0.39, 0.29) is 24.1 Å². The molecule has 1 unspecified atom stereocenters. The molecule has 0 aliphatic carbocycles. The summed E-state index contributed by atoms with van der Waals surface area (Å²) in [6, 6.07) is 5.78. The van der Waals surface area contributed by atoms with Crippen molar-refractivity contribution in [2.45, 2.75) is 58.3 Å². The Hall–Kier alpha value is -2.25. The fraction of sp³-hybridized carbons (Fsp3) is 0.550. The van der Waals surface area contributed by atoms with Gasteiger partial charge < -0.3 is 15.5 Å². The molecule has 2 aliphatic rings. The largest absolute Gasteiger partial charge is 0.322 e. The average molecular weight is 372 g/mol. The first kappa shape index (κ1) is 19.5. The first-order valence-corrected chi connectivity index (χ1v) is 9.67. The highest BCUT2D eigenvalue weighted by Gasteiger charge is 2.39. The van der Waals surface area contributed by atoms with E-state index in [9.17, 15) is 14.4 Å². The average Bonchev–Trinajstić information content (AvgIpc) is 2.95. The van der Waals surface area contributed by atoms with Gasteiger partial charge in [-0.3, -0.25) is 19.7 Å². The van der Waals surface area contributed by atoms with Gasteiger partial charge in [0.2, 0.25) is 11.8 Å². The molecule has 0 spiro atoms. The summed E-state index contributed by atoms with van der Waals surface area (Å²) in [7, 11) is 0. The molecule has 2 heterocycles. The van der Waals surface area contributed by atoms with Crippen molar-refractivity contribution in [1.29, 1.82) is 0 Å². The van der Waals surface area contributed by atoms with E-state index in [0.717, 1.165) is 30.6 Å². The van der Waals surface area contributed by atoms with Crippen LogP contribution in [0.25, 0.3) is 0 Å². The van der Waals surface area contributed by atoms with Crippen LogP contribution in [0.1, 0.15) is 54.6 Å². The summed E-state index contributed by atoms with van der Waals surface area (Å²) < 4.78 is 0. The summed E-state index contributed by atoms with van der Waals surface area (Å²) in [5.74, 6) is -0.750. The number of carbonyl (C=O) groups excluding carboxylic acids is 3. The summed E-state index contributed by atoms with van der Waals surface area (Å²) >= 11 is 0. The summed E-state index contributed by atoms with van der Waals surface area (Å²) in [4.78, 5) is 38.1. The zero-order valence-electron chi connectivity index (χ0n) is 16.0. The van der Waals surface area contributed by atoms with E-state index in [1.165, 1.54) is 0 Å². The molecule has 0 radical (unpaired) electrons. The van der Waals surface area contributed by atoms with Crippen molar-refractivity contribution in [3.8, 4) is 0 Å². The van der Waals surface area contributed by atoms with Crippen LogP contribution in [0, 0.1) is 0 Å². The van der Waals surface area contributed by atoms with Gasteiger partial charge in [0, 0.05) is 31.1 Å². The van der Waals surface area contributed by atoms with Gasteiger partial charge in [0.05, 0.1) is 0 Å². The number of nitrogens with zero attached hydrogens (tertiary/aromatic N) is 1. The molecule has 1 aromatic rings. The van der Waals surface area contributed by atoms with Crippen LogP contribution in [-0.4, -0.2) is 47.8 Å². The third-order valence-electron chi connectivity index (χ3n) is 5.04. The normalized spacial score (nSPS) is 19.6. The Labute approximate surface area is 159 Å². The van der Waals surface area contributed by atoms with Gasteiger partial charge in [-0.1, -0.05) is 32.0 Å². The van der Waals surface area contributed by atoms with Crippen LogP contribution in [-0.2, 0) is 22.7 Å². The fourth-order valence-corrected chi connectivity index (χ4v) is 3.66. The van der Waals surface area contributed by atoms with Gasteiger partial charge in [-0.2, -0.15) is 0 Å².